The number of guanidine groups is 1. The van der Waals surface area contributed by atoms with Crippen LogP contribution in [0.3, 0.4) is 0 Å². The molecular formula is C20H32N4O4. The van der Waals surface area contributed by atoms with Crippen LogP contribution in [0.5, 0.6) is 17.2 Å². The summed E-state index contributed by atoms with van der Waals surface area (Å²) >= 11 is 0. The zero-order chi connectivity index (χ0) is 19.8. The van der Waals surface area contributed by atoms with Crippen LogP contribution in [0, 0.1) is 5.92 Å². The first kappa shape index (κ1) is 20.5. The van der Waals surface area contributed by atoms with Gasteiger partial charge < -0.3 is 29.6 Å². The normalized spacial score (nSPS) is 18.2. The van der Waals surface area contributed by atoms with Crippen molar-refractivity contribution in [1.82, 2.24) is 15.5 Å². The molecule has 2 N–H and O–H groups in total. The average Bonchev–Trinajstić information content (AvgIpc) is 3.18. The van der Waals surface area contributed by atoms with Crippen molar-refractivity contribution in [3.8, 4) is 17.2 Å². The van der Waals surface area contributed by atoms with Gasteiger partial charge in [0.15, 0.2) is 17.5 Å². The van der Waals surface area contributed by atoms with Gasteiger partial charge in [-0.2, -0.15) is 0 Å². The number of nitrogens with one attached hydrogen (secondary N) is 2. The van der Waals surface area contributed by atoms with Crippen molar-refractivity contribution >= 4 is 5.96 Å². The molecule has 0 radical (unpaired) electrons. The average molecular weight is 393 g/mol. The van der Waals surface area contributed by atoms with E-state index in [9.17, 15) is 0 Å². The molecule has 1 fully saturated rings. The number of aliphatic imine (C=N–C) groups is 1. The van der Waals surface area contributed by atoms with Crippen LogP contribution in [0.1, 0.15) is 13.8 Å². The van der Waals surface area contributed by atoms with E-state index in [1.165, 1.54) is 0 Å². The minimum Gasteiger partial charge on any atom is -0.492 e. The van der Waals surface area contributed by atoms with Gasteiger partial charge in [0, 0.05) is 38.8 Å². The van der Waals surface area contributed by atoms with Gasteiger partial charge in [0.1, 0.15) is 12.4 Å². The number of hydrogen-bond acceptors (Lipinski definition) is 6. The van der Waals surface area contributed by atoms with Crippen LogP contribution in [0.25, 0.3) is 0 Å². The predicted octanol–water partition coefficient (Wildman–Crippen LogP) is 1.32. The van der Waals surface area contributed by atoms with E-state index in [4.69, 9.17) is 18.9 Å². The Labute approximate surface area is 167 Å². The fraction of sp³-hybridized carbons (Fsp3) is 0.650. The number of hydrogen-bond donors (Lipinski definition) is 2. The third-order valence-electron chi connectivity index (χ3n) is 4.99. The molecule has 2 aliphatic rings. The molecule has 0 bridgehead atoms. The molecule has 0 spiro atoms. The lowest BCUT2D eigenvalue weighted by Crippen LogP contribution is -2.52. The van der Waals surface area contributed by atoms with E-state index in [1.807, 2.05) is 18.2 Å². The number of fused-ring (bicyclic) bond motifs is 1. The van der Waals surface area contributed by atoms with Crippen molar-refractivity contribution in [2.45, 2.75) is 19.9 Å². The second kappa shape index (κ2) is 10.4. The molecule has 1 saturated heterocycles. The lowest BCUT2D eigenvalue weighted by Gasteiger charge is -2.37. The highest BCUT2D eigenvalue weighted by Crippen LogP contribution is 2.34. The van der Waals surface area contributed by atoms with Crippen LogP contribution in [-0.4, -0.2) is 76.7 Å². The summed E-state index contributed by atoms with van der Waals surface area (Å²) in [5.74, 6) is 3.59. The second-order valence-corrected chi connectivity index (χ2v) is 7.20. The summed E-state index contributed by atoms with van der Waals surface area (Å²) < 4.78 is 21.9. The first-order chi connectivity index (χ1) is 13.7. The molecule has 1 aromatic rings. The molecule has 2 heterocycles. The Hall–Kier alpha value is -2.19. The number of ether oxygens (including phenoxy) is 4. The molecule has 28 heavy (non-hydrogen) atoms. The highest BCUT2D eigenvalue weighted by atomic mass is 16.7. The highest BCUT2D eigenvalue weighted by molar-refractivity contribution is 5.79. The summed E-state index contributed by atoms with van der Waals surface area (Å²) in [7, 11) is 1.78. The minimum absolute atomic E-state index is 0.268. The van der Waals surface area contributed by atoms with Gasteiger partial charge in [-0.15, -0.1) is 0 Å². The fourth-order valence-corrected chi connectivity index (χ4v) is 3.42. The highest BCUT2D eigenvalue weighted by Gasteiger charge is 2.23. The van der Waals surface area contributed by atoms with Crippen molar-refractivity contribution in [3.63, 3.8) is 0 Å². The summed E-state index contributed by atoms with van der Waals surface area (Å²) in [6, 6.07) is 6.05. The molecule has 1 unspecified atom stereocenters. The van der Waals surface area contributed by atoms with E-state index in [1.54, 1.807) is 7.05 Å². The third kappa shape index (κ3) is 5.65. The van der Waals surface area contributed by atoms with Gasteiger partial charge in [-0.05, 0) is 18.1 Å². The summed E-state index contributed by atoms with van der Waals surface area (Å²) in [6.07, 6.45) is 0. The van der Waals surface area contributed by atoms with Crippen LogP contribution >= 0.6 is 0 Å². The summed E-state index contributed by atoms with van der Waals surface area (Å²) in [5, 5.41) is 6.75. The molecule has 0 amide bonds. The van der Waals surface area contributed by atoms with Crippen molar-refractivity contribution in [1.29, 1.82) is 0 Å². The lowest BCUT2D eigenvalue weighted by molar-refractivity contribution is 0.00752. The van der Waals surface area contributed by atoms with Gasteiger partial charge in [-0.3, -0.25) is 9.89 Å². The molecule has 8 nitrogen and oxygen atoms in total. The Morgan fingerprint density at radius 2 is 1.96 bits per heavy atom. The smallest absolute Gasteiger partial charge is 0.231 e. The number of morpholine rings is 1. The quantitative estimate of drug-likeness (QED) is 0.392. The Morgan fingerprint density at radius 1 is 1.18 bits per heavy atom. The van der Waals surface area contributed by atoms with Crippen molar-refractivity contribution in [2.75, 3.05) is 59.8 Å². The molecule has 1 atom stereocenters. The second-order valence-electron chi connectivity index (χ2n) is 7.20. The molecule has 8 heteroatoms. The monoisotopic (exact) mass is 392 g/mol. The topological polar surface area (TPSA) is 76.6 Å². The van der Waals surface area contributed by atoms with Gasteiger partial charge in [0.05, 0.1) is 19.8 Å². The van der Waals surface area contributed by atoms with E-state index in [0.29, 0.717) is 25.1 Å². The zero-order valence-electron chi connectivity index (χ0n) is 17.1. The molecule has 156 valence electrons. The maximum absolute atomic E-state index is 5.78. The zero-order valence-corrected chi connectivity index (χ0v) is 17.1. The van der Waals surface area contributed by atoms with E-state index >= 15 is 0 Å². The van der Waals surface area contributed by atoms with Gasteiger partial charge in [0.2, 0.25) is 6.79 Å². The third-order valence-corrected chi connectivity index (χ3v) is 4.99. The first-order valence-corrected chi connectivity index (χ1v) is 9.96. The van der Waals surface area contributed by atoms with E-state index < -0.39 is 0 Å². The van der Waals surface area contributed by atoms with Crippen LogP contribution in [0.2, 0.25) is 0 Å². The Bertz CT molecular complexity index is 647. The van der Waals surface area contributed by atoms with Crippen molar-refractivity contribution in [3.05, 3.63) is 18.2 Å². The predicted molar refractivity (Wildman–Crippen MR) is 108 cm³/mol. The number of benzene rings is 1. The van der Waals surface area contributed by atoms with Crippen LogP contribution < -0.4 is 24.8 Å². The number of nitrogens with zero attached hydrogens (tertiary/aromatic N) is 2. The largest absolute Gasteiger partial charge is 0.492 e. The van der Waals surface area contributed by atoms with Gasteiger partial charge in [-0.25, -0.2) is 0 Å². The van der Waals surface area contributed by atoms with E-state index in [0.717, 1.165) is 56.1 Å². The summed E-state index contributed by atoms with van der Waals surface area (Å²) in [4.78, 5) is 6.81. The standard InChI is InChI=1S/C20H32N4O4/c1-15(2)17(24-7-10-25-11-8-24)13-23-20(21-3)22-6-9-26-16-4-5-18-19(12-16)28-14-27-18/h4-5,12,15,17H,6-11,13-14H2,1-3H3,(H2,21,22,23). The SMILES string of the molecule is CN=C(NCCOc1ccc2c(c1)OCO2)NCC(C(C)C)N1CCOCC1. The van der Waals surface area contributed by atoms with E-state index in [-0.39, 0.29) is 6.79 Å². The Balaban J connectivity index is 1.39. The van der Waals surface area contributed by atoms with Crippen molar-refractivity contribution in [2.24, 2.45) is 10.9 Å². The minimum atomic E-state index is 0.268. The molecule has 0 aliphatic carbocycles. The lowest BCUT2D eigenvalue weighted by atomic mass is 10.0. The fourth-order valence-electron chi connectivity index (χ4n) is 3.42. The van der Waals surface area contributed by atoms with Crippen LogP contribution in [0.15, 0.2) is 23.2 Å². The number of rotatable bonds is 8. The molecule has 3 rings (SSSR count). The molecule has 1 aromatic carbocycles. The van der Waals surface area contributed by atoms with E-state index in [2.05, 4.69) is 34.4 Å². The Morgan fingerprint density at radius 3 is 2.71 bits per heavy atom. The van der Waals surface area contributed by atoms with Crippen LogP contribution in [-0.2, 0) is 4.74 Å². The van der Waals surface area contributed by atoms with Gasteiger partial charge in [-0.1, -0.05) is 13.8 Å². The molecule has 0 saturated carbocycles. The molecular weight excluding hydrogens is 360 g/mol. The molecule has 0 aromatic heterocycles. The van der Waals surface area contributed by atoms with Gasteiger partial charge >= 0.3 is 0 Å². The first-order valence-electron chi connectivity index (χ1n) is 9.96. The van der Waals surface area contributed by atoms with Crippen LogP contribution in [0.4, 0.5) is 0 Å². The maximum atomic E-state index is 5.78. The maximum Gasteiger partial charge on any atom is 0.231 e. The summed E-state index contributed by atoms with van der Waals surface area (Å²) in [6.45, 7) is 10.4. The van der Waals surface area contributed by atoms with Crippen molar-refractivity contribution < 1.29 is 18.9 Å². The summed E-state index contributed by atoms with van der Waals surface area (Å²) in [5.41, 5.74) is 0. The molecule has 2 aliphatic heterocycles. The van der Waals surface area contributed by atoms with Gasteiger partial charge in [0.25, 0.3) is 0 Å². The Kier molecular flexibility index (Phi) is 7.62.